The van der Waals surface area contributed by atoms with Gasteiger partial charge >= 0.3 is 0 Å². The topological polar surface area (TPSA) is 69.7 Å². The standard InChI is InChI=1S/C22H29N3O3S2/c1-29-21-10-6-5-9-20(21)22(26)23-12-18-30(27,28)25-16-14-24(15-17-25)13-11-19-7-3-2-4-8-19/h2-10H,11-18H2,1H3,(H,23,26). The van der Waals surface area contributed by atoms with Gasteiger partial charge in [0.2, 0.25) is 10.0 Å². The maximum atomic E-state index is 12.7. The summed E-state index contributed by atoms with van der Waals surface area (Å²) in [5.74, 6) is -0.314. The van der Waals surface area contributed by atoms with Gasteiger partial charge < -0.3 is 10.2 Å². The van der Waals surface area contributed by atoms with E-state index in [0.29, 0.717) is 18.7 Å². The summed E-state index contributed by atoms with van der Waals surface area (Å²) < 4.78 is 26.9. The summed E-state index contributed by atoms with van der Waals surface area (Å²) in [6.07, 6.45) is 2.88. The van der Waals surface area contributed by atoms with Crippen molar-refractivity contribution in [2.24, 2.45) is 0 Å². The third kappa shape index (κ3) is 6.31. The Hall–Kier alpha value is -1.87. The van der Waals surface area contributed by atoms with Gasteiger partial charge in [0.05, 0.1) is 11.3 Å². The minimum Gasteiger partial charge on any atom is -0.351 e. The Balaban J connectivity index is 1.42. The van der Waals surface area contributed by atoms with Crippen LogP contribution in [0.3, 0.4) is 0 Å². The van der Waals surface area contributed by atoms with Gasteiger partial charge in [0.1, 0.15) is 0 Å². The Labute approximate surface area is 183 Å². The van der Waals surface area contributed by atoms with Crippen LogP contribution in [0.2, 0.25) is 0 Å². The Morgan fingerprint density at radius 2 is 1.67 bits per heavy atom. The first-order valence-electron chi connectivity index (χ1n) is 10.1. The number of nitrogens with zero attached hydrogens (tertiary/aromatic N) is 2. The van der Waals surface area contributed by atoms with Crippen molar-refractivity contribution in [3.8, 4) is 0 Å². The van der Waals surface area contributed by atoms with Crippen molar-refractivity contribution in [1.82, 2.24) is 14.5 Å². The number of carbonyl (C=O) groups excluding carboxylic acids is 1. The van der Waals surface area contributed by atoms with Crippen molar-refractivity contribution in [1.29, 1.82) is 0 Å². The molecule has 1 saturated heterocycles. The summed E-state index contributed by atoms with van der Waals surface area (Å²) in [4.78, 5) is 15.6. The Kier molecular flexibility index (Phi) is 8.32. The Morgan fingerprint density at radius 3 is 2.37 bits per heavy atom. The number of thioether (sulfide) groups is 1. The van der Waals surface area contributed by atoms with Gasteiger partial charge in [0.25, 0.3) is 5.91 Å². The maximum Gasteiger partial charge on any atom is 0.252 e. The third-order valence-corrected chi connectivity index (χ3v) is 7.95. The van der Waals surface area contributed by atoms with Crippen molar-refractivity contribution >= 4 is 27.7 Å². The molecule has 0 aliphatic carbocycles. The van der Waals surface area contributed by atoms with Crippen molar-refractivity contribution < 1.29 is 13.2 Å². The Bertz CT molecular complexity index is 928. The van der Waals surface area contributed by atoms with Gasteiger partial charge in [0.15, 0.2) is 0 Å². The van der Waals surface area contributed by atoms with E-state index in [1.165, 1.54) is 17.3 Å². The largest absolute Gasteiger partial charge is 0.351 e. The molecule has 1 heterocycles. The zero-order valence-electron chi connectivity index (χ0n) is 17.3. The number of hydrogen-bond acceptors (Lipinski definition) is 5. The molecule has 1 fully saturated rings. The smallest absolute Gasteiger partial charge is 0.252 e. The minimum absolute atomic E-state index is 0.0792. The number of amides is 1. The lowest BCUT2D eigenvalue weighted by atomic mass is 10.1. The van der Waals surface area contributed by atoms with Crippen LogP contribution in [0.4, 0.5) is 0 Å². The molecule has 1 N–H and O–H groups in total. The highest BCUT2D eigenvalue weighted by Gasteiger charge is 2.26. The van der Waals surface area contributed by atoms with Crippen molar-refractivity contribution in [2.75, 3.05) is 51.3 Å². The number of sulfonamides is 1. The molecule has 1 aliphatic heterocycles. The average molecular weight is 448 g/mol. The highest BCUT2D eigenvalue weighted by Crippen LogP contribution is 2.19. The number of hydrogen-bond donors (Lipinski definition) is 1. The van der Waals surface area contributed by atoms with Crippen LogP contribution >= 0.6 is 11.8 Å². The predicted molar refractivity (Wildman–Crippen MR) is 123 cm³/mol. The highest BCUT2D eigenvalue weighted by atomic mass is 32.2. The van der Waals surface area contributed by atoms with E-state index in [1.54, 1.807) is 10.4 Å². The number of carbonyl (C=O) groups is 1. The first-order chi connectivity index (χ1) is 14.5. The second kappa shape index (κ2) is 10.9. The minimum atomic E-state index is -3.38. The van der Waals surface area contributed by atoms with E-state index >= 15 is 0 Å². The van der Waals surface area contributed by atoms with Crippen molar-refractivity contribution in [2.45, 2.75) is 11.3 Å². The van der Waals surface area contributed by atoms with Gasteiger partial charge in [-0.25, -0.2) is 8.42 Å². The van der Waals surface area contributed by atoms with Gasteiger partial charge in [-0.05, 0) is 30.4 Å². The van der Waals surface area contributed by atoms with E-state index in [1.807, 2.05) is 42.7 Å². The zero-order chi connectivity index (χ0) is 21.4. The van der Waals surface area contributed by atoms with Crippen molar-refractivity contribution in [3.63, 3.8) is 0 Å². The van der Waals surface area contributed by atoms with Crippen LogP contribution in [0.15, 0.2) is 59.5 Å². The predicted octanol–water partition coefficient (Wildman–Crippen LogP) is 2.33. The van der Waals surface area contributed by atoms with E-state index in [0.717, 1.165) is 31.0 Å². The molecular formula is C22H29N3O3S2. The molecule has 162 valence electrons. The van der Waals surface area contributed by atoms with Crippen LogP contribution in [-0.2, 0) is 16.4 Å². The summed E-state index contributed by atoms with van der Waals surface area (Å²) in [5, 5.41) is 2.75. The quantitative estimate of drug-likeness (QED) is 0.598. The summed E-state index contributed by atoms with van der Waals surface area (Å²) in [7, 11) is -3.38. The molecule has 0 saturated carbocycles. The second-order valence-electron chi connectivity index (χ2n) is 7.25. The van der Waals surface area contributed by atoms with Gasteiger partial charge in [-0.3, -0.25) is 4.79 Å². The molecule has 1 amide bonds. The molecule has 3 rings (SSSR count). The normalized spacial score (nSPS) is 15.8. The lowest BCUT2D eigenvalue weighted by Gasteiger charge is -2.34. The van der Waals surface area contributed by atoms with E-state index < -0.39 is 10.0 Å². The molecule has 0 unspecified atom stereocenters. The SMILES string of the molecule is CSc1ccccc1C(=O)NCCS(=O)(=O)N1CCN(CCc2ccccc2)CC1. The molecule has 8 heteroatoms. The van der Waals surface area contributed by atoms with Crippen LogP contribution in [0.1, 0.15) is 15.9 Å². The first-order valence-corrected chi connectivity index (χ1v) is 13.0. The van der Waals surface area contributed by atoms with Crippen LogP contribution in [0, 0.1) is 0 Å². The molecule has 0 radical (unpaired) electrons. The van der Waals surface area contributed by atoms with Crippen LogP contribution < -0.4 is 5.32 Å². The number of nitrogens with one attached hydrogen (secondary N) is 1. The third-order valence-electron chi connectivity index (χ3n) is 5.28. The fourth-order valence-corrected chi connectivity index (χ4v) is 5.45. The fraction of sp³-hybridized carbons (Fsp3) is 0.409. The number of piperazine rings is 1. The van der Waals surface area contributed by atoms with Crippen LogP contribution in [-0.4, -0.2) is 74.8 Å². The molecule has 6 nitrogen and oxygen atoms in total. The summed E-state index contributed by atoms with van der Waals surface area (Å²) >= 11 is 1.50. The van der Waals surface area contributed by atoms with E-state index in [-0.39, 0.29) is 18.2 Å². The van der Waals surface area contributed by atoms with Gasteiger partial charge in [-0.2, -0.15) is 4.31 Å². The van der Waals surface area contributed by atoms with Crippen LogP contribution in [0.25, 0.3) is 0 Å². The lowest BCUT2D eigenvalue weighted by molar-refractivity contribution is 0.0953. The molecule has 0 bridgehead atoms. The van der Waals surface area contributed by atoms with Gasteiger partial charge in [0, 0.05) is 44.2 Å². The van der Waals surface area contributed by atoms with Crippen molar-refractivity contribution in [3.05, 3.63) is 65.7 Å². The van der Waals surface area contributed by atoms with E-state index in [2.05, 4.69) is 22.3 Å². The molecular weight excluding hydrogens is 418 g/mol. The molecule has 2 aromatic carbocycles. The van der Waals surface area contributed by atoms with Crippen LogP contribution in [0.5, 0.6) is 0 Å². The van der Waals surface area contributed by atoms with E-state index in [9.17, 15) is 13.2 Å². The zero-order valence-corrected chi connectivity index (χ0v) is 18.9. The molecule has 2 aromatic rings. The lowest BCUT2D eigenvalue weighted by Crippen LogP contribution is -2.50. The average Bonchev–Trinajstić information content (AvgIpc) is 2.78. The summed E-state index contributed by atoms with van der Waals surface area (Å²) in [6.45, 7) is 3.51. The maximum absolute atomic E-state index is 12.7. The molecule has 0 spiro atoms. The molecule has 0 aromatic heterocycles. The first kappa shape index (κ1) is 22.8. The molecule has 30 heavy (non-hydrogen) atoms. The van der Waals surface area contributed by atoms with Gasteiger partial charge in [-0.1, -0.05) is 42.5 Å². The Morgan fingerprint density at radius 1 is 1.00 bits per heavy atom. The van der Waals surface area contributed by atoms with Gasteiger partial charge in [-0.15, -0.1) is 11.8 Å². The fourth-order valence-electron chi connectivity index (χ4n) is 3.51. The summed E-state index contributed by atoms with van der Waals surface area (Å²) in [5.41, 5.74) is 1.88. The summed E-state index contributed by atoms with van der Waals surface area (Å²) in [6, 6.07) is 17.7. The molecule has 0 atom stereocenters. The monoisotopic (exact) mass is 447 g/mol. The number of rotatable bonds is 9. The highest BCUT2D eigenvalue weighted by molar-refractivity contribution is 7.98. The molecule has 1 aliphatic rings. The number of benzene rings is 2. The second-order valence-corrected chi connectivity index (χ2v) is 10.2. The van der Waals surface area contributed by atoms with E-state index in [4.69, 9.17) is 0 Å².